The minimum Gasteiger partial charge on any atom is -0.379 e. The number of rotatable bonds is 4. The van der Waals surface area contributed by atoms with E-state index in [1.54, 1.807) is 19.2 Å². The Labute approximate surface area is 99.5 Å². The highest BCUT2D eigenvalue weighted by Gasteiger charge is 2.36. The summed E-state index contributed by atoms with van der Waals surface area (Å²) in [5, 5.41) is 0.383. The first-order valence-corrected chi connectivity index (χ1v) is 5.74. The number of benzene rings is 1. The van der Waals surface area contributed by atoms with Crippen LogP contribution in [0.2, 0.25) is 5.02 Å². The zero-order valence-corrected chi connectivity index (χ0v) is 9.88. The average molecular weight is 244 g/mol. The number of hydrogen-bond donors (Lipinski definition) is 1. The summed E-state index contributed by atoms with van der Waals surface area (Å²) in [5.41, 5.74) is 6.51. The molecular weight excluding hydrogens is 229 g/mol. The van der Waals surface area contributed by atoms with Crippen LogP contribution >= 0.6 is 11.6 Å². The Morgan fingerprint density at radius 2 is 2.19 bits per heavy atom. The molecule has 0 heterocycles. The van der Waals surface area contributed by atoms with Gasteiger partial charge in [-0.2, -0.15) is 0 Å². The second kappa shape index (κ2) is 4.70. The summed E-state index contributed by atoms with van der Waals surface area (Å²) >= 11 is 5.70. The number of hydrogen-bond acceptors (Lipinski definition) is 2. The first-order valence-electron chi connectivity index (χ1n) is 5.37. The molecule has 0 aliphatic heterocycles. The van der Waals surface area contributed by atoms with Gasteiger partial charge in [-0.3, -0.25) is 0 Å². The second-order valence-electron chi connectivity index (χ2n) is 4.23. The van der Waals surface area contributed by atoms with Crippen molar-refractivity contribution < 1.29 is 9.13 Å². The predicted molar refractivity (Wildman–Crippen MR) is 61.9 cm³/mol. The van der Waals surface area contributed by atoms with Gasteiger partial charge in [-0.05, 0) is 30.9 Å². The van der Waals surface area contributed by atoms with Gasteiger partial charge in [0.1, 0.15) is 5.82 Å². The van der Waals surface area contributed by atoms with Crippen LogP contribution in [0.25, 0.3) is 0 Å². The Bertz CT molecular complexity index is 381. The van der Waals surface area contributed by atoms with Crippen LogP contribution in [-0.4, -0.2) is 13.2 Å². The lowest BCUT2D eigenvalue weighted by Gasteiger charge is -2.23. The van der Waals surface area contributed by atoms with Gasteiger partial charge in [0.05, 0.1) is 12.1 Å². The smallest absolute Gasteiger partial charge is 0.129 e. The van der Waals surface area contributed by atoms with E-state index in [0.717, 1.165) is 12.8 Å². The largest absolute Gasteiger partial charge is 0.379 e. The summed E-state index contributed by atoms with van der Waals surface area (Å²) in [6.07, 6.45) is 2.12. The number of methoxy groups -OCH3 is 1. The van der Waals surface area contributed by atoms with Crippen LogP contribution in [0, 0.1) is 11.7 Å². The standard InChI is InChI=1S/C12H15ClFNO/c1-16-12(7-2-3-7)11(15)9-5-4-8(13)6-10(9)14/h4-7,11-12H,2-3,15H2,1H3. The van der Waals surface area contributed by atoms with E-state index in [1.165, 1.54) is 6.07 Å². The fraction of sp³-hybridized carbons (Fsp3) is 0.500. The molecule has 1 aromatic rings. The Morgan fingerprint density at radius 1 is 1.50 bits per heavy atom. The molecule has 1 aliphatic carbocycles. The van der Waals surface area contributed by atoms with E-state index in [0.29, 0.717) is 16.5 Å². The van der Waals surface area contributed by atoms with E-state index in [9.17, 15) is 4.39 Å². The molecule has 4 heteroatoms. The van der Waals surface area contributed by atoms with Gasteiger partial charge in [0.2, 0.25) is 0 Å². The molecule has 0 saturated heterocycles. The molecule has 88 valence electrons. The molecule has 0 spiro atoms. The first-order chi connectivity index (χ1) is 7.63. The molecule has 2 N–H and O–H groups in total. The lowest BCUT2D eigenvalue weighted by atomic mass is 9.98. The molecule has 2 atom stereocenters. The van der Waals surface area contributed by atoms with E-state index in [2.05, 4.69) is 0 Å². The highest BCUT2D eigenvalue weighted by Crippen LogP contribution is 2.39. The van der Waals surface area contributed by atoms with Crippen molar-refractivity contribution in [2.45, 2.75) is 25.0 Å². The fourth-order valence-corrected chi connectivity index (χ4v) is 2.16. The number of ether oxygens (including phenoxy) is 1. The average Bonchev–Trinajstić information content (AvgIpc) is 3.02. The van der Waals surface area contributed by atoms with E-state index in [4.69, 9.17) is 22.1 Å². The van der Waals surface area contributed by atoms with Gasteiger partial charge in [0, 0.05) is 17.7 Å². The maximum absolute atomic E-state index is 13.7. The predicted octanol–water partition coefficient (Wildman–Crippen LogP) is 2.90. The van der Waals surface area contributed by atoms with Crippen LogP contribution in [0.1, 0.15) is 24.4 Å². The summed E-state index contributed by atoms with van der Waals surface area (Å²) in [4.78, 5) is 0. The van der Waals surface area contributed by atoms with Crippen LogP contribution in [0.4, 0.5) is 4.39 Å². The molecule has 1 saturated carbocycles. The Kier molecular flexibility index (Phi) is 3.47. The summed E-state index contributed by atoms with van der Waals surface area (Å²) in [6, 6.07) is 4.15. The third kappa shape index (κ3) is 2.37. The summed E-state index contributed by atoms with van der Waals surface area (Å²) in [7, 11) is 1.62. The molecule has 1 fully saturated rings. The third-order valence-corrected chi connectivity index (χ3v) is 3.27. The van der Waals surface area contributed by atoms with Gasteiger partial charge in [-0.1, -0.05) is 17.7 Å². The van der Waals surface area contributed by atoms with Crippen LogP contribution in [0.3, 0.4) is 0 Å². The summed E-state index contributed by atoms with van der Waals surface area (Å²) < 4.78 is 19.0. The second-order valence-corrected chi connectivity index (χ2v) is 4.67. The molecule has 0 bridgehead atoms. The molecule has 16 heavy (non-hydrogen) atoms. The molecule has 2 rings (SSSR count). The highest BCUT2D eigenvalue weighted by atomic mass is 35.5. The van der Waals surface area contributed by atoms with Crippen LogP contribution < -0.4 is 5.73 Å². The number of halogens is 2. The van der Waals surface area contributed by atoms with E-state index < -0.39 is 6.04 Å². The van der Waals surface area contributed by atoms with Gasteiger partial charge in [0.25, 0.3) is 0 Å². The summed E-state index contributed by atoms with van der Waals surface area (Å²) in [5.74, 6) is 0.109. The van der Waals surface area contributed by atoms with Crippen molar-refractivity contribution in [2.75, 3.05) is 7.11 Å². The van der Waals surface area contributed by atoms with Crippen molar-refractivity contribution in [3.05, 3.63) is 34.6 Å². The van der Waals surface area contributed by atoms with Gasteiger partial charge >= 0.3 is 0 Å². The quantitative estimate of drug-likeness (QED) is 0.883. The normalized spacial score (nSPS) is 19.5. The molecule has 1 aromatic carbocycles. The van der Waals surface area contributed by atoms with Crippen molar-refractivity contribution in [3.63, 3.8) is 0 Å². The van der Waals surface area contributed by atoms with E-state index >= 15 is 0 Å². The zero-order valence-electron chi connectivity index (χ0n) is 9.12. The molecule has 0 radical (unpaired) electrons. The summed E-state index contributed by atoms with van der Waals surface area (Å²) in [6.45, 7) is 0. The van der Waals surface area contributed by atoms with Crippen molar-refractivity contribution >= 4 is 11.6 Å². The molecule has 1 aliphatic rings. The molecule has 0 aromatic heterocycles. The third-order valence-electron chi connectivity index (χ3n) is 3.03. The Morgan fingerprint density at radius 3 is 2.69 bits per heavy atom. The lowest BCUT2D eigenvalue weighted by molar-refractivity contribution is 0.0614. The topological polar surface area (TPSA) is 35.2 Å². The van der Waals surface area contributed by atoms with Crippen LogP contribution in [-0.2, 0) is 4.74 Å². The van der Waals surface area contributed by atoms with Gasteiger partial charge < -0.3 is 10.5 Å². The zero-order chi connectivity index (χ0) is 11.7. The van der Waals surface area contributed by atoms with Crippen molar-refractivity contribution in [2.24, 2.45) is 11.7 Å². The highest BCUT2D eigenvalue weighted by molar-refractivity contribution is 6.30. The SMILES string of the molecule is COC(C1CC1)C(N)c1ccc(Cl)cc1F. The molecule has 2 unspecified atom stereocenters. The molecular formula is C12H15ClFNO. The van der Waals surface area contributed by atoms with Crippen LogP contribution in [0.15, 0.2) is 18.2 Å². The minimum absolute atomic E-state index is 0.101. The first kappa shape index (κ1) is 11.8. The van der Waals surface area contributed by atoms with Gasteiger partial charge in [-0.25, -0.2) is 4.39 Å². The fourth-order valence-electron chi connectivity index (χ4n) is 2.01. The minimum atomic E-state index is -0.422. The lowest BCUT2D eigenvalue weighted by Crippen LogP contribution is -2.30. The maximum Gasteiger partial charge on any atom is 0.129 e. The Balaban J connectivity index is 2.21. The maximum atomic E-state index is 13.7. The van der Waals surface area contributed by atoms with Gasteiger partial charge in [0.15, 0.2) is 0 Å². The van der Waals surface area contributed by atoms with Crippen molar-refractivity contribution in [1.29, 1.82) is 0 Å². The molecule has 2 nitrogen and oxygen atoms in total. The van der Waals surface area contributed by atoms with E-state index in [-0.39, 0.29) is 11.9 Å². The van der Waals surface area contributed by atoms with E-state index in [1.807, 2.05) is 0 Å². The van der Waals surface area contributed by atoms with Gasteiger partial charge in [-0.15, -0.1) is 0 Å². The van der Waals surface area contributed by atoms with Crippen molar-refractivity contribution in [1.82, 2.24) is 0 Å². The van der Waals surface area contributed by atoms with Crippen molar-refractivity contribution in [3.8, 4) is 0 Å². The molecule has 0 amide bonds. The number of nitrogens with two attached hydrogens (primary N) is 1. The van der Waals surface area contributed by atoms with Crippen LogP contribution in [0.5, 0.6) is 0 Å². The Hall–Kier alpha value is -0.640. The monoisotopic (exact) mass is 243 g/mol.